The van der Waals surface area contributed by atoms with E-state index in [2.05, 4.69) is 26.9 Å². The van der Waals surface area contributed by atoms with Crippen LogP contribution in [0, 0.1) is 17.7 Å². The number of amides is 1. The average Bonchev–Trinajstić information content (AvgIpc) is 3.17. The second-order valence-corrected chi connectivity index (χ2v) is 7.54. The number of carbonyl (C=O) groups excluding carboxylic acids is 1. The zero-order chi connectivity index (χ0) is 19.6. The third-order valence-corrected chi connectivity index (χ3v) is 4.47. The Kier molecular flexibility index (Phi) is 5.03. The number of fused-ring (bicyclic) bond motifs is 1. The summed E-state index contributed by atoms with van der Waals surface area (Å²) in [6.07, 6.45) is 4.21. The minimum Gasteiger partial charge on any atom is -0.495 e. The van der Waals surface area contributed by atoms with Gasteiger partial charge in [0.25, 0.3) is 5.91 Å². The first-order valence-electron chi connectivity index (χ1n) is 7.81. The molecule has 0 radical (unpaired) electrons. The standard InChI is InChI=1S/C18H16FN3O4S/c1-26-16-7-9-20-15(16)10-12-17-11(4-3-8-21-27(2,24)25)13(19)5-6-14(17)22-18(12)23/h5-7,9-10,20-21H,8H2,1-2H3,(H,22,23)/b12-10-. The van der Waals surface area contributed by atoms with Crippen molar-refractivity contribution in [3.63, 3.8) is 0 Å². The van der Waals surface area contributed by atoms with Crippen LogP contribution in [0.5, 0.6) is 5.75 Å². The maximum Gasteiger partial charge on any atom is 0.256 e. The molecule has 1 aromatic carbocycles. The molecule has 0 atom stereocenters. The monoisotopic (exact) mass is 389 g/mol. The number of carbonyl (C=O) groups is 1. The maximum absolute atomic E-state index is 14.4. The van der Waals surface area contributed by atoms with Crippen molar-refractivity contribution in [2.45, 2.75) is 0 Å². The lowest BCUT2D eigenvalue weighted by atomic mass is 9.99. The minimum atomic E-state index is -3.40. The van der Waals surface area contributed by atoms with Gasteiger partial charge in [-0.1, -0.05) is 11.8 Å². The number of nitrogens with one attached hydrogen (secondary N) is 3. The van der Waals surface area contributed by atoms with Crippen LogP contribution in [0.3, 0.4) is 0 Å². The number of sulfonamides is 1. The van der Waals surface area contributed by atoms with Crippen LogP contribution in [0.2, 0.25) is 0 Å². The zero-order valence-electron chi connectivity index (χ0n) is 14.5. The fraction of sp³-hybridized carbons (Fsp3) is 0.167. The Labute approximate surface area is 155 Å². The molecule has 0 unspecified atom stereocenters. The number of ether oxygens (including phenoxy) is 1. The summed E-state index contributed by atoms with van der Waals surface area (Å²) in [6.45, 7) is -0.174. The molecule has 1 aliphatic rings. The van der Waals surface area contributed by atoms with Gasteiger partial charge in [-0.2, -0.15) is 0 Å². The number of methoxy groups -OCH3 is 1. The molecule has 0 bridgehead atoms. The largest absolute Gasteiger partial charge is 0.495 e. The smallest absolute Gasteiger partial charge is 0.256 e. The molecule has 0 fully saturated rings. The van der Waals surface area contributed by atoms with Crippen LogP contribution in [0.15, 0.2) is 24.4 Å². The topological polar surface area (TPSA) is 100 Å². The van der Waals surface area contributed by atoms with Crippen molar-refractivity contribution in [3.05, 3.63) is 47.0 Å². The van der Waals surface area contributed by atoms with Crippen molar-refractivity contribution in [3.8, 4) is 17.6 Å². The van der Waals surface area contributed by atoms with Gasteiger partial charge in [0.15, 0.2) is 0 Å². The van der Waals surface area contributed by atoms with E-state index < -0.39 is 21.7 Å². The van der Waals surface area contributed by atoms with Crippen LogP contribution < -0.4 is 14.8 Å². The van der Waals surface area contributed by atoms with E-state index in [0.717, 1.165) is 6.26 Å². The normalized spacial score (nSPS) is 14.5. The first-order valence-corrected chi connectivity index (χ1v) is 9.70. The molecule has 2 heterocycles. The summed E-state index contributed by atoms with van der Waals surface area (Å²) in [5.41, 5.74) is 1.54. The van der Waals surface area contributed by atoms with Crippen molar-refractivity contribution in [1.82, 2.24) is 9.71 Å². The minimum absolute atomic E-state index is 0.0120. The molecule has 0 saturated carbocycles. The lowest BCUT2D eigenvalue weighted by Crippen LogP contribution is -2.21. The number of benzene rings is 1. The molecule has 3 N–H and O–H groups in total. The number of halogens is 1. The SMILES string of the molecule is COc1cc[nH]c1/C=C1\C(=O)Nc2ccc(F)c(C#CCNS(C)(=O)=O)c21. The molecular formula is C18H16FN3O4S. The molecule has 0 aliphatic carbocycles. The summed E-state index contributed by atoms with van der Waals surface area (Å²) in [6, 6.07) is 4.35. The Morgan fingerprint density at radius 2 is 2.11 bits per heavy atom. The average molecular weight is 389 g/mol. The molecule has 1 aliphatic heterocycles. The molecule has 7 nitrogen and oxygen atoms in total. The van der Waals surface area contributed by atoms with Crippen LogP contribution >= 0.6 is 0 Å². The summed E-state index contributed by atoms with van der Waals surface area (Å²) >= 11 is 0. The van der Waals surface area contributed by atoms with E-state index in [-0.39, 0.29) is 17.7 Å². The predicted octanol–water partition coefficient (Wildman–Crippen LogP) is 1.56. The van der Waals surface area contributed by atoms with Crippen molar-refractivity contribution in [2.75, 3.05) is 25.2 Å². The van der Waals surface area contributed by atoms with Crippen molar-refractivity contribution in [1.29, 1.82) is 0 Å². The van der Waals surface area contributed by atoms with Crippen molar-refractivity contribution >= 4 is 33.3 Å². The van der Waals surface area contributed by atoms with Crippen LogP contribution in [0.25, 0.3) is 11.6 Å². The van der Waals surface area contributed by atoms with E-state index in [1.165, 1.54) is 19.2 Å². The number of hydrogen-bond acceptors (Lipinski definition) is 4. The van der Waals surface area contributed by atoms with Crippen molar-refractivity contribution in [2.24, 2.45) is 0 Å². The summed E-state index contributed by atoms with van der Waals surface area (Å²) in [5, 5.41) is 2.67. The molecule has 27 heavy (non-hydrogen) atoms. The number of anilines is 1. The van der Waals surface area contributed by atoms with Crippen LogP contribution in [0.1, 0.15) is 16.8 Å². The molecule has 0 saturated heterocycles. The van der Waals surface area contributed by atoms with Gasteiger partial charge < -0.3 is 15.0 Å². The molecule has 140 valence electrons. The maximum atomic E-state index is 14.4. The molecule has 9 heteroatoms. The Balaban J connectivity index is 2.06. The number of hydrogen-bond donors (Lipinski definition) is 3. The lowest BCUT2D eigenvalue weighted by Gasteiger charge is -2.05. The first-order chi connectivity index (χ1) is 12.8. The van der Waals surface area contributed by atoms with E-state index in [4.69, 9.17) is 4.74 Å². The molecule has 1 aromatic heterocycles. The zero-order valence-corrected chi connectivity index (χ0v) is 15.3. The summed E-state index contributed by atoms with van der Waals surface area (Å²) in [4.78, 5) is 15.3. The van der Waals surface area contributed by atoms with Gasteiger partial charge in [0.1, 0.15) is 11.6 Å². The molecule has 0 spiro atoms. The van der Waals surface area contributed by atoms with E-state index in [0.29, 0.717) is 22.7 Å². The Hall–Kier alpha value is -3.09. The Morgan fingerprint density at radius 3 is 2.81 bits per heavy atom. The number of H-pyrrole nitrogens is 1. The second kappa shape index (κ2) is 7.26. The second-order valence-electron chi connectivity index (χ2n) is 5.71. The highest BCUT2D eigenvalue weighted by atomic mass is 32.2. The number of rotatable bonds is 4. The molecule has 3 rings (SSSR count). The summed E-state index contributed by atoms with van der Waals surface area (Å²) in [7, 11) is -1.90. The van der Waals surface area contributed by atoms with Gasteiger partial charge in [0, 0.05) is 11.8 Å². The van der Waals surface area contributed by atoms with E-state index in [9.17, 15) is 17.6 Å². The van der Waals surface area contributed by atoms with Crippen molar-refractivity contribution < 1.29 is 22.3 Å². The van der Waals surface area contributed by atoms with Gasteiger partial charge in [-0.3, -0.25) is 4.79 Å². The third kappa shape index (κ3) is 4.02. The fourth-order valence-corrected chi connectivity index (χ4v) is 2.96. The molecule has 2 aromatic rings. The third-order valence-electron chi connectivity index (χ3n) is 3.80. The summed E-state index contributed by atoms with van der Waals surface area (Å²) < 4.78 is 44.0. The highest BCUT2D eigenvalue weighted by Crippen LogP contribution is 2.37. The highest BCUT2D eigenvalue weighted by molar-refractivity contribution is 7.88. The van der Waals surface area contributed by atoms with Crippen LogP contribution in [-0.4, -0.2) is 39.2 Å². The van der Waals surface area contributed by atoms with Crippen LogP contribution in [0.4, 0.5) is 10.1 Å². The Bertz CT molecular complexity index is 1110. The molecular weight excluding hydrogens is 373 g/mol. The Morgan fingerprint density at radius 1 is 1.33 bits per heavy atom. The van der Waals surface area contributed by atoms with E-state index >= 15 is 0 Å². The van der Waals surface area contributed by atoms with Gasteiger partial charge in [-0.05, 0) is 24.3 Å². The van der Waals surface area contributed by atoms with Gasteiger partial charge in [-0.15, -0.1) is 0 Å². The van der Waals surface area contributed by atoms with E-state index in [1.54, 1.807) is 18.3 Å². The predicted molar refractivity (Wildman–Crippen MR) is 100.0 cm³/mol. The van der Waals surface area contributed by atoms with E-state index in [1.807, 2.05) is 0 Å². The van der Waals surface area contributed by atoms with Gasteiger partial charge >= 0.3 is 0 Å². The summed E-state index contributed by atoms with van der Waals surface area (Å²) in [5.74, 6) is 4.71. The first kappa shape index (κ1) is 18.7. The van der Waals surface area contributed by atoms with Gasteiger partial charge in [0.2, 0.25) is 10.0 Å². The van der Waals surface area contributed by atoms with Gasteiger partial charge in [0.05, 0.1) is 42.4 Å². The highest BCUT2D eigenvalue weighted by Gasteiger charge is 2.28. The fourth-order valence-electron chi connectivity index (χ4n) is 2.63. The number of aromatic nitrogens is 1. The van der Waals surface area contributed by atoms with Gasteiger partial charge in [-0.25, -0.2) is 17.5 Å². The molecule has 1 amide bonds. The van der Waals surface area contributed by atoms with Crippen LogP contribution in [-0.2, 0) is 14.8 Å². The quantitative estimate of drug-likeness (QED) is 0.546. The number of aromatic amines is 1. The lowest BCUT2D eigenvalue weighted by molar-refractivity contribution is -0.110.